The van der Waals surface area contributed by atoms with Gasteiger partial charge in [-0.15, -0.1) is 0 Å². The molecular weight excluding hydrogens is 258 g/mol. The standard InChI is InChI=1S/C14H21N3O3/c1-10(15-4)9-16-13(18)14(2,3)11-5-7-12(8-6-11)17(19)20/h5-8,10,15H,9H2,1-4H3,(H,16,18). The van der Waals surface area contributed by atoms with E-state index < -0.39 is 10.3 Å². The van der Waals surface area contributed by atoms with E-state index in [0.29, 0.717) is 6.54 Å². The molecule has 0 saturated carbocycles. The predicted molar refractivity (Wildman–Crippen MR) is 77.7 cm³/mol. The third-order valence-electron chi connectivity index (χ3n) is 3.43. The highest BCUT2D eigenvalue weighted by molar-refractivity contribution is 5.87. The number of nitrogens with zero attached hydrogens (tertiary/aromatic N) is 1. The number of nitro benzene ring substituents is 1. The van der Waals surface area contributed by atoms with Gasteiger partial charge in [-0.3, -0.25) is 14.9 Å². The Morgan fingerprint density at radius 2 is 1.90 bits per heavy atom. The molecule has 1 atom stereocenters. The zero-order valence-corrected chi connectivity index (χ0v) is 12.3. The average molecular weight is 279 g/mol. The van der Waals surface area contributed by atoms with Gasteiger partial charge in [-0.25, -0.2) is 0 Å². The number of rotatable bonds is 6. The van der Waals surface area contributed by atoms with Crippen molar-refractivity contribution in [1.82, 2.24) is 10.6 Å². The minimum atomic E-state index is -0.734. The highest BCUT2D eigenvalue weighted by Gasteiger charge is 2.30. The Kier molecular flexibility index (Phi) is 5.21. The molecule has 0 aliphatic carbocycles. The normalized spacial score (nSPS) is 12.8. The summed E-state index contributed by atoms with van der Waals surface area (Å²) in [7, 11) is 1.83. The summed E-state index contributed by atoms with van der Waals surface area (Å²) in [4.78, 5) is 22.4. The van der Waals surface area contributed by atoms with Crippen molar-refractivity contribution in [2.75, 3.05) is 13.6 Å². The molecule has 1 aromatic rings. The molecule has 0 bridgehead atoms. The lowest BCUT2D eigenvalue weighted by molar-refractivity contribution is -0.384. The van der Waals surface area contributed by atoms with Gasteiger partial charge in [0.05, 0.1) is 10.3 Å². The second kappa shape index (κ2) is 6.47. The lowest BCUT2D eigenvalue weighted by Crippen LogP contribution is -2.45. The number of benzene rings is 1. The largest absolute Gasteiger partial charge is 0.354 e. The highest BCUT2D eigenvalue weighted by atomic mass is 16.6. The first-order valence-electron chi connectivity index (χ1n) is 6.49. The van der Waals surface area contributed by atoms with Gasteiger partial charge in [0.1, 0.15) is 0 Å². The first-order valence-corrected chi connectivity index (χ1v) is 6.49. The number of carbonyl (C=O) groups excluding carboxylic acids is 1. The molecule has 110 valence electrons. The molecule has 0 aliphatic rings. The second-order valence-corrected chi connectivity index (χ2v) is 5.33. The van der Waals surface area contributed by atoms with Crippen LogP contribution in [0.25, 0.3) is 0 Å². The Bertz CT molecular complexity index is 483. The number of likely N-dealkylation sites (N-methyl/N-ethyl adjacent to an activating group) is 1. The monoisotopic (exact) mass is 279 g/mol. The summed E-state index contributed by atoms with van der Waals surface area (Å²) in [6.45, 7) is 6.10. The summed E-state index contributed by atoms with van der Waals surface area (Å²) in [5, 5.41) is 16.5. The van der Waals surface area contributed by atoms with Crippen molar-refractivity contribution in [3.8, 4) is 0 Å². The van der Waals surface area contributed by atoms with E-state index in [2.05, 4.69) is 10.6 Å². The van der Waals surface area contributed by atoms with E-state index in [1.165, 1.54) is 12.1 Å². The molecule has 0 saturated heterocycles. The van der Waals surface area contributed by atoms with E-state index in [0.717, 1.165) is 5.56 Å². The van der Waals surface area contributed by atoms with Crippen molar-refractivity contribution in [1.29, 1.82) is 0 Å². The number of nitrogens with one attached hydrogen (secondary N) is 2. The molecule has 6 nitrogen and oxygen atoms in total. The smallest absolute Gasteiger partial charge is 0.269 e. The van der Waals surface area contributed by atoms with Gasteiger partial charge in [0, 0.05) is 24.7 Å². The molecule has 0 radical (unpaired) electrons. The fourth-order valence-corrected chi connectivity index (χ4v) is 1.70. The van der Waals surface area contributed by atoms with Crippen LogP contribution in [-0.4, -0.2) is 30.5 Å². The van der Waals surface area contributed by atoms with E-state index in [9.17, 15) is 14.9 Å². The molecule has 1 rings (SSSR count). The highest BCUT2D eigenvalue weighted by Crippen LogP contribution is 2.25. The van der Waals surface area contributed by atoms with Gasteiger partial charge in [0.15, 0.2) is 0 Å². The summed E-state index contributed by atoms with van der Waals surface area (Å²) >= 11 is 0. The summed E-state index contributed by atoms with van der Waals surface area (Å²) in [5.74, 6) is -0.103. The molecule has 0 aromatic heterocycles. The fourth-order valence-electron chi connectivity index (χ4n) is 1.70. The van der Waals surface area contributed by atoms with Crippen LogP contribution in [0, 0.1) is 10.1 Å². The first kappa shape index (κ1) is 16.1. The van der Waals surface area contributed by atoms with E-state index >= 15 is 0 Å². The summed E-state index contributed by atoms with van der Waals surface area (Å²) in [5.41, 5.74) is 0.0363. The molecule has 0 fully saturated rings. The Morgan fingerprint density at radius 1 is 1.35 bits per heavy atom. The molecule has 6 heteroatoms. The number of nitro groups is 1. The maximum Gasteiger partial charge on any atom is 0.269 e. The fraction of sp³-hybridized carbons (Fsp3) is 0.500. The van der Waals surface area contributed by atoms with Crippen LogP contribution >= 0.6 is 0 Å². The molecule has 1 unspecified atom stereocenters. The van der Waals surface area contributed by atoms with Gasteiger partial charge in [-0.05, 0) is 33.4 Å². The van der Waals surface area contributed by atoms with Gasteiger partial charge >= 0.3 is 0 Å². The zero-order chi connectivity index (χ0) is 15.3. The van der Waals surface area contributed by atoms with Crippen molar-refractivity contribution in [2.24, 2.45) is 0 Å². The minimum absolute atomic E-state index is 0.0220. The molecule has 0 heterocycles. The van der Waals surface area contributed by atoms with Gasteiger partial charge < -0.3 is 10.6 Å². The summed E-state index contributed by atoms with van der Waals surface area (Å²) < 4.78 is 0. The van der Waals surface area contributed by atoms with Crippen LogP contribution in [0.4, 0.5) is 5.69 Å². The van der Waals surface area contributed by atoms with Gasteiger partial charge in [0.2, 0.25) is 5.91 Å². The number of amides is 1. The van der Waals surface area contributed by atoms with Gasteiger partial charge in [-0.1, -0.05) is 12.1 Å². The average Bonchev–Trinajstić information content (AvgIpc) is 2.44. The lowest BCUT2D eigenvalue weighted by atomic mass is 9.83. The van der Waals surface area contributed by atoms with Crippen LogP contribution in [-0.2, 0) is 10.2 Å². The number of hydrogen-bond acceptors (Lipinski definition) is 4. The Labute approximate surface area is 118 Å². The molecule has 0 aliphatic heterocycles. The van der Waals surface area contributed by atoms with Crippen molar-refractivity contribution in [3.63, 3.8) is 0 Å². The molecule has 1 aromatic carbocycles. The molecular formula is C14H21N3O3. The Morgan fingerprint density at radius 3 is 2.35 bits per heavy atom. The second-order valence-electron chi connectivity index (χ2n) is 5.33. The molecule has 2 N–H and O–H groups in total. The van der Waals surface area contributed by atoms with Crippen LogP contribution in [0.3, 0.4) is 0 Å². The van der Waals surface area contributed by atoms with Crippen molar-refractivity contribution >= 4 is 11.6 Å². The summed E-state index contributed by atoms with van der Waals surface area (Å²) in [6.07, 6.45) is 0. The third kappa shape index (κ3) is 3.77. The summed E-state index contributed by atoms with van der Waals surface area (Å²) in [6, 6.07) is 6.27. The van der Waals surface area contributed by atoms with Crippen molar-refractivity contribution in [3.05, 3.63) is 39.9 Å². The van der Waals surface area contributed by atoms with Crippen molar-refractivity contribution < 1.29 is 9.72 Å². The van der Waals surface area contributed by atoms with E-state index in [4.69, 9.17) is 0 Å². The Hall–Kier alpha value is -1.95. The molecule has 0 spiro atoms. The minimum Gasteiger partial charge on any atom is -0.354 e. The van der Waals surface area contributed by atoms with E-state index in [1.807, 2.05) is 14.0 Å². The third-order valence-corrected chi connectivity index (χ3v) is 3.43. The van der Waals surface area contributed by atoms with E-state index in [-0.39, 0.29) is 17.6 Å². The molecule has 1 amide bonds. The van der Waals surface area contributed by atoms with Crippen LogP contribution in [0.2, 0.25) is 0 Å². The molecule has 20 heavy (non-hydrogen) atoms. The SMILES string of the molecule is CNC(C)CNC(=O)C(C)(C)c1ccc([N+](=O)[O-])cc1. The maximum absolute atomic E-state index is 12.2. The Balaban J connectivity index is 2.81. The maximum atomic E-state index is 12.2. The van der Waals surface area contributed by atoms with E-state index in [1.54, 1.807) is 26.0 Å². The number of carbonyl (C=O) groups is 1. The van der Waals surface area contributed by atoms with Crippen molar-refractivity contribution in [2.45, 2.75) is 32.2 Å². The van der Waals surface area contributed by atoms with Crippen LogP contribution in [0.5, 0.6) is 0 Å². The predicted octanol–water partition coefficient (Wildman–Crippen LogP) is 1.60. The quantitative estimate of drug-likeness (QED) is 0.612. The number of non-ortho nitro benzene ring substituents is 1. The van der Waals surface area contributed by atoms with Gasteiger partial charge in [-0.2, -0.15) is 0 Å². The lowest BCUT2D eigenvalue weighted by Gasteiger charge is -2.25. The zero-order valence-electron chi connectivity index (χ0n) is 12.3. The topological polar surface area (TPSA) is 84.3 Å². The van der Waals surface area contributed by atoms with Crippen LogP contribution in [0.1, 0.15) is 26.3 Å². The van der Waals surface area contributed by atoms with Gasteiger partial charge in [0.25, 0.3) is 5.69 Å². The van der Waals surface area contributed by atoms with Crippen LogP contribution in [0.15, 0.2) is 24.3 Å². The number of hydrogen-bond donors (Lipinski definition) is 2. The van der Waals surface area contributed by atoms with Crippen LogP contribution < -0.4 is 10.6 Å². The first-order chi connectivity index (χ1) is 9.28.